The van der Waals surface area contributed by atoms with Crippen LogP contribution in [0.2, 0.25) is 0 Å². The molecule has 1 aliphatic rings. The van der Waals surface area contributed by atoms with Gasteiger partial charge in [0.05, 0.1) is 0 Å². The molecule has 0 saturated carbocycles. The fourth-order valence-corrected chi connectivity index (χ4v) is 1.17. The van der Waals surface area contributed by atoms with E-state index in [1.165, 1.54) is 24.1 Å². The molecule has 1 nitrogen and oxygen atoms in total. The van der Waals surface area contributed by atoms with E-state index in [0.29, 0.717) is 0 Å². The molecule has 0 heterocycles. The van der Waals surface area contributed by atoms with Crippen LogP contribution in [-0.2, 0) is 0 Å². The van der Waals surface area contributed by atoms with Crippen molar-refractivity contribution in [2.24, 2.45) is 0 Å². The summed E-state index contributed by atoms with van der Waals surface area (Å²) in [7, 11) is 1.99. The molecule has 1 N–H and O–H groups in total. The lowest BCUT2D eigenvalue weighted by Crippen LogP contribution is -2.04. The van der Waals surface area contributed by atoms with Crippen molar-refractivity contribution in [3.05, 3.63) is 23.4 Å². The van der Waals surface area contributed by atoms with Gasteiger partial charge in [-0.25, -0.2) is 0 Å². The van der Waals surface area contributed by atoms with Gasteiger partial charge in [0.2, 0.25) is 0 Å². The minimum Gasteiger partial charge on any atom is -0.392 e. The summed E-state index contributed by atoms with van der Waals surface area (Å²) < 4.78 is 0. The zero-order valence-electron chi connectivity index (χ0n) is 6.78. The van der Waals surface area contributed by atoms with Crippen molar-refractivity contribution in [1.82, 2.24) is 5.32 Å². The predicted molar refractivity (Wildman–Crippen MR) is 44.8 cm³/mol. The zero-order chi connectivity index (χ0) is 7.40. The summed E-state index contributed by atoms with van der Waals surface area (Å²) in [6.45, 7) is 2.20. The molecule has 1 aliphatic carbocycles. The third-order valence-corrected chi connectivity index (χ3v) is 1.94. The van der Waals surface area contributed by atoms with Crippen molar-refractivity contribution in [2.45, 2.75) is 26.2 Å². The van der Waals surface area contributed by atoms with Gasteiger partial charge in [-0.15, -0.1) is 0 Å². The van der Waals surface area contributed by atoms with Gasteiger partial charge in [0.15, 0.2) is 0 Å². The summed E-state index contributed by atoms with van der Waals surface area (Å²) in [5.41, 5.74) is 2.90. The molecule has 0 atom stereocenters. The average molecular weight is 137 g/mol. The second kappa shape index (κ2) is 3.45. The van der Waals surface area contributed by atoms with Gasteiger partial charge in [-0.2, -0.15) is 0 Å². The van der Waals surface area contributed by atoms with Gasteiger partial charge in [-0.05, 0) is 26.2 Å². The number of hydrogen-bond acceptors (Lipinski definition) is 1. The van der Waals surface area contributed by atoms with Crippen molar-refractivity contribution in [3.8, 4) is 0 Å². The quantitative estimate of drug-likeness (QED) is 0.546. The van der Waals surface area contributed by atoms with Crippen LogP contribution < -0.4 is 5.32 Å². The average Bonchev–Trinajstić information content (AvgIpc) is 2.14. The molecular formula is C9H15N. The van der Waals surface area contributed by atoms with Gasteiger partial charge in [0, 0.05) is 12.7 Å². The Bertz CT molecular complexity index is 166. The van der Waals surface area contributed by atoms with Gasteiger partial charge >= 0.3 is 0 Å². The van der Waals surface area contributed by atoms with Crippen LogP contribution >= 0.6 is 0 Å². The molecule has 0 bridgehead atoms. The van der Waals surface area contributed by atoms with Crippen LogP contribution in [0.1, 0.15) is 26.2 Å². The van der Waals surface area contributed by atoms with Crippen LogP contribution in [0.25, 0.3) is 0 Å². The number of allylic oxidation sites excluding steroid dienone is 4. The first-order chi connectivity index (χ1) is 4.83. The van der Waals surface area contributed by atoms with E-state index >= 15 is 0 Å². The van der Waals surface area contributed by atoms with Gasteiger partial charge in [-0.1, -0.05) is 17.7 Å². The van der Waals surface area contributed by atoms with Crippen LogP contribution in [0.3, 0.4) is 0 Å². The Labute approximate surface area is 62.8 Å². The Kier molecular flexibility index (Phi) is 2.55. The molecule has 0 amide bonds. The summed E-state index contributed by atoms with van der Waals surface area (Å²) in [5, 5.41) is 3.19. The summed E-state index contributed by atoms with van der Waals surface area (Å²) in [6, 6.07) is 0. The normalized spacial score (nSPS) is 19.0. The van der Waals surface area contributed by atoms with Crippen molar-refractivity contribution < 1.29 is 0 Å². The SMILES string of the molecule is CNC1=CCC=C(C)CC1. The number of nitrogens with one attached hydrogen (secondary N) is 1. The molecule has 0 aromatic heterocycles. The summed E-state index contributed by atoms with van der Waals surface area (Å²) >= 11 is 0. The first-order valence-corrected chi connectivity index (χ1v) is 3.85. The highest BCUT2D eigenvalue weighted by molar-refractivity contribution is 5.12. The van der Waals surface area contributed by atoms with Gasteiger partial charge in [0.25, 0.3) is 0 Å². The highest BCUT2D eigenvalue weighted by Crippen LogP contribution is 2.14. The number of hydrogen-bond donors (Lipinski definition) is 1. The van der Waals surface area contributed by atoms with Crippen molar-refractivity contribution in [3.63, 3.8) is 0 Å². The Morgan fingerprint density at radius 2 is 2.10 bits per heavy atom. The molecule has 0 saturated heterocycles. The molecule has 10 heavy (non-hydrogen) atoms. The molecular weight excluding hydrogens is 122 g/mol. The maximum atomic E-state index is 3.19. The van der Waals surface area contributed by atoms with E-state index in [9.17, 15) is 0 Å². The lowest BCUT2D eigenvalue weighted by molar-refractivity contribution is 0.834. The topological polar surface area (TPSA) is 12.0 Å². The largest absolute Gasteiger partial charge is 0.392 e. The highest BCUT2D eigenvalue weighted by atomic mass is 14.8. The monoisotopic (exact) mass is 137 g/mol. The Morgan fingerprint density at radius 1 is 1.30 bits per heavy atom. The predicted octanol–water partition coefficient (Wildman–Crippen LogP) is 2.22. The Morgan fingerprint density at radius 3 is 2.80 bits per heavy atom. The summed E-state index contributed by atoms with van der Waals surface area (Å²) in [6.07, 6.45) is 8.05. The molecule has 0 aliphatic heterocycles. The third kappa shape index (κ3) is 1.90. The molecule has 1 rings (SSSR count). The maximum Gasteiger partial charge on any atom is 0.00698 e. The fraction of sp³-hybridized carbons (Fsp3) is 0.556. The van der Waals surface area contributed by atoms with Gasteiger partial charge in [-0.3, -0.25) is 0 Å². The van der Waals surface area contributed by atoms with E-state index in [-0.39, 0.29) is 0 Å². The van der Waals surface area contributed by atoms with Crippen LogP contribution in [0, 0.1) is 0 Å². The van der Waals surface area contributed by atoms with Crippen LogP contribution in [0.5, 0.6) is 0 Å². The van der Waals surface area contributed by atoms with E-state index in [0.717, 1.165) is 6.42 Å². The maximum absolute atomic E-state index is 3.19. The molecule has 1 heteroatoms. The first-order valence-electron chi connectivity index (χ1n) is 3.85. The second-order valence-corrected chi connectivity index (χ2v) is 2.77. The van der Waals surface area contributed by atoms with E-state index in [1.54, 1.807) is 0 Å². The zero-order valence-corrected chi connectivity index (χ0v) is 6.78. The smallest absolute Gasteiger partial charge is 0.00698 e. The fourth-order valence-electron chi connectivity index (χ4n) is 1.17. The van der Waals surface area contributed by atoms with E-state index in [1.807, 2.05) is 7.05 Å². The minimum atomic E-state index is 1.10. The van der Waals surface area contributed by atoms with E-state index in [4.69, 9.17) is 0 Å². The summed E-state index contributed by atoms with van der Waals surface area (Å²) in [5.74, 6) is 0. The van der Waals surface area contributed by atoms with Crippen molar-refractivity contribution in [2.75, 3.05) is 7.05 Å². The van der Waals surface area contributed by atoms with Crippen LogP contribution in [-0.4, -0.2) is 7.05 Å². The van der Waals surface area contributed by atoms with Gasteiger partial charge < -0.3 is 5.32 Å². The van der Waals surface area contributed by atoms with Gasteiger partial charge in [0.1, 0.15) is 0 Å². The standard InChI is InChI=1S/C9H15N/c1-8-4-3-5-9(10-2)7-6-8/h4-5,10H,3,6-7H2,1-2H3. The molecule has 0 fully saturated rings. The van der Waals surface area contributed by atoms with E-state index < -0.39 is 0 Å². The van der Waals surface area contributed by atoms with Crippen LogP contribution in [0.4, 0.5) is 0 Å². The van der Waals surface area contributed by atoms with Crippen molar-refractivity contribution >= 4 is 0 Å². The van der Waals surface area contributed by atoms with Crippen LogP contribution in [0.15, 0.2) is 23.4 Å². The lowest BCUT2D eigenvalue weighted by atomic mass is 10.1. The highest BCUT2D eigenvalue weighted by Gasteiger charge is 1.98. The van der Waals surface area contributed by atoms with Crippen molar-refractivity contribution in [1.29, 1.82) is 0 Å². The lowest BCUT2D eigenvalue weighted by Gasteiger charge is -2.02. The Balaban J connectivity index is 2.51. The molecule has 0 aromatic carbocycles. The second-order valence-electron chi connectivity index (χ2n) is 2.77. The summed E-state index contributed by atoms with van der Waals surface area (Å²) in [4.78, 5) is 0. The molecule has 0 unspecified atom stereocenters. The molecule has 0 aromatic rings. The number of rotatable bonds is 1. The molecule has 0 spiro atoms. The molecule has 0 radical (unpaired) electrons. The van der Waals surface area contributed by atoms with E-state index in [2.05, 4.69) is 24.4 Å². The third-order valence-electron chi connectivity index (χ3n) is 1.94. The minimum absolute atomic E-state index is 1.10. The first kappa shape index (κ1) is 7.39. The Hall–Kier alpha value is -0.720. The molecule has 56 valence electrons.